The number of carbonyl (C=O) groups excluding carboxylic acids is 3. The Morgan fingerprint density at radius 2 is 1.10 bits per heavy atom. The number of nitrogens with one attached hydrogen (secondary N) is 1. The zero-order valence-corrected chi connectivity index (χ0v) is 25.8. The van der Waals surface area contributed by atoms with Crippen molar-refractivity contribution in [1.29, 1.82) is 0 Å². The molecule has 0 atom stereocenters. The van der Waals surface area contributed by atoms with Crippen LogP contribution in [0, 0.1) is 4.91 Å². The van der Waals surface area contributed by atoms with Crippen molar-refractivity contribution >= 4 is 18.3 Å². The predicted octanol–water partition coefficient (Wildman–Crippen LogP) is 5.11. The van der Waals surface area contributed by atoms with Gasteiger partial charge in [0.05, 0.1) is 17.4 Å². The largest absolute Gasteiger partial charge is 0.444 e. The first kappa shape index (κ1) is 35.4. The summed E-state index contributed by atoms with van der Waals surface area (Å²) >= 11 is 0. The van der Waals surface area contributed by atoms with Gasteiger partial charge in [-0.05, 0) is 114 Å². The molecule has 4 rings (SSSR count). The minimum atomic E-state index is -0.648. The van der Waals surface area contributed by atoms with Crippen LogP contribution in [0.4, 0.5) is 14.4 Å². The molecule has 0 saturated heterocycles. The smallest absolute Gasteiger partial charge is 0.433 e. The molecule has 40 heavy (non-hydrogen) atoms. The van der Waals surface area contributed by atoms with E-state index in [2.05, 4.69) is 10.6 Å². The molecule has 0 radical (unpaired) electrons. The number of nitrogens with two attached hydrogens (primary N) is 2. The lowest BCUT2D eigenvalue weighted by Gasteiger charge is -2.23. The Hall–Kier alpha value is -2.67. The Kier molecular flexibility index (Phi) is 13.1. The summed E-state index contributed by atoms with van der Waals surface area (Å²) in [6.07, 6.45) is 7.02. The van der Waals surface area contributed by atoms with Crippen LogP contribution in [0.25, 0.3) is 0 Å². The average molecular weight is 573 g/mol. The molecule has 4 aliphatic carbocycles. The van der Waals surface area contributed by atoms with Crippen LogP contribution < -0.4 is 16.9 Å². The summed E-state index contributed by atoms with van der Waals surface area (Å²) in [6, 6.07) is 1.14. The molecule has 13 nitrogen and oxygen atoms in total. The van der Waals surface area contributed by atoms with Gasteiger partial charge < -0.3 is 25.3 Å². The first-order valence-corrected chi connectivity index (χ1v) is 14.1. The van der Waals surface area contributed by atoms with Gasteiger partial charge in [0.2, 0.25) is 0 Å². The van der Waals surface area contributed by atoms with Crippen LogP contribution in [-0.4, -0.2) is 69.3 Å². The van der Waals surface area contributed by atoms with Crippen molar-refractivity contribution in [2.24, 2.45) is 16.9 Å². The lowest BCUT2D eigenvalue weighted by Crippen LogP contribution is -2.42. The maximum absolute atomic E-state index is 11.3. The van der Waals surface area contributed by atoms with Gasteiger partial charge >= 0.3 is 18.3 Å². The summed E-state index contributed by atoms with van der Waals surface area (Å²) in [5, 5.41) is 7.46. The van der Waals surface area contributed by atoms with Gasteiger partial charge in [-0.1, -0.05) is 0 Å². The van der Waals surface area contributed by atoms with E-state index in [1.54, 1.807) is 20.8 Å². The fraction of sp³-hybridized carbons (Fsp3) is 0.889. The summed E-state index contributed by atoms with van der Waals surface area (Å²) in [5.74, 6) is 5.49. The lowest BCUT2D eigenvalue weighted by atomic mass is 10.2. The van der Waals surface area contributed by atoms with Crippen LogP contribution in [0.3, 0.4) is 0 Å². The minimum absolute atomic E-state index is 0.0349. The Morgan fingerprint density at radius 1 is 0.700 bits per heavy atom. The standard InChI is InChI=1S/C8H14N2O3.C8H16N2O2.C8H15NO2.C3H7N/c1-8(2,3)13-7(11)10(9-12)6-4-5-6;1-8(2,3)12-7(11)10(9)6-4-5-6;1-8(2,3)11-7(10)9-6-4-5-6;4-3-1-2-3/h6H,4-5H2,1-3H3;6H,4-5,9H2,1-3H3;6H,4-5H2,1-3H3,(H,9,10);3H,1-2,4H2. The molecule has 232 valence electrons. The van der Waals surface area contributed by atoms with E-state index in [1.807, 2.05) is 41.5 Å². The van der Waals surface area contributed by atoms with Gasteiger partial charge in [0, 0.05) is 12.1 Å². The average Bonchev–Trinajstić information content (AvgIpc) is 3.55. The molecule has 5 N–H and O–H groups in total. The third-order valence-electron chi connectivity index (χ3n) is 5.03. The summed E-state index contributed by atoms with van der Waals surface area (Å²) in [6.45, 7) is 16.3. The van der Waals surface area contributed by atoms with E-state index in [-0.39, 0.29) is 23.8 Å². The summed E-state index contributed by atoms with van der Waals surface area (Å²) in [5.41, 5.74) is 3.82. The highest BCUT2D eigenvalue weighted by Gasteiger charge is 2.37. The van der Waals surface area contributed by atoms with Crippen LogP contribution in [0.5, 0.6) is 0 Å². The minimum Gasteiger partial charge on any atom is -0.444 e. The first-order chi connectivity index (χ1) is 18.2. The quantitative estimate of drug-likeness (QED) is 0.136. The molecule has 0 bridgehead atoms. The van der Waals surface area contributed by atoms with Crippen molar-refractivity contribution in [2.45, 2.75) is 155 Å². The zero-order valence-electron chi connectivity index (χ0n) is 25.8. The number of amides is 3. The van der Waals surface area contributed by atoms with Crippen molar-refractivity contribution in [3.63, 3.8) is 0 Å². The molecule has 0 unspecified atom stereocenters. The molecular weight excluding hydrogens is 520 g/mol. The van der Waals surface area contributed by atoms with Gasteiger partial charge in [-0.3, -0.25) is 0 Å². The van der Waals surface area contributed by atoms with Crippen molar-refractivity contribution in [3.8, 4) is 0 Å². The van der Waals surface area contributed by atoms with Crippen molar-refractivity contribution in [3.05, 3.63) is 4.91 Å². The van der Waals surface area contributed by atoms with Gasteiger partial charge in [-0.15, -0.1) is 4.91 Å². The molecule has 0 aromatic carbocycles. The number of hydrogen-bond acceptors (Lipinski definition) is 10. The molecule has 3 amide bonds. The first-order valence-electron chi connectivity index (χ1n) is 14.1. The van der Waals surface area contributed by atoms with E-state index >= 15 is 0 Å². The summed E-state index contributed by atoms with van der Waals surface area (Å²) in [4.78, 5) is 43.8. The number of alkyl carbamates (subject to hydrolysis) is 1. The molecule has 0 heterocycles. The van der Waals surface area contributed by atoms with Gasteiger partial charge in [-0.25, -0.2) is 25.2 Å². The van der Waals surface area contributed by atoms with E-state index < -0.39 is 23.4 Å². The van der Waals surface area contributed by atoms with Gasteiger partial charge in [-0.2, -0.15) is 5.01 Å². The van der Waals surface area contributed by atoms with Crippen molar-refractivity contribution in [1.82, 2.24) is 15.3 Å². The number of hydrazine groups is 1. The van der Waals surface area contributed by atoms with E-state index in [0.29, 0.717) is 12.1 Å². The van der Waals surface area contributed by atoms with E-state index in [9.17, 15) is 19.3 Å². The van der Waals surface area contributed by atoms with Crippen molar-refractivity contribution in [2.75, 3.05) is 0 Å². The number of nitrogens with zero attached hydrogens (tertiary/aromatic N) is 3. The second-order valence-electron chi connectivity index (χ2n) is 13.5. The topological polar surface area (TPSA) is 179 Å². The Balaban J connectivity index is 0.000000280. The highest BCUT2D eigenvalue weighted by atomic mass is 16.6. The van der Waals surface area contributed by atoms with Crippen molar-refractivity contribution < 1.29 is 28.6 Å². The maximum atomic E-state index is 11.3. The van der Waals surface area contributed by atoms with Crippen LogP contribution in [-0.2, 0) is 14.2 Å². The molecule has 0 spiro atoms. The van der Waals surface area contributed by atoms with Crippen LogP contribution in [0.2, 0.25) is 0 Å². The molecule has 0 aromatic rings. The van der Waals surface area contributed by atoms with E-state index in [0.717, 1.165) is 43.5 Å². The van der Waals surface area contributed by atoms with Gasteiger partial charge in [0.25, 0.3) is 0 Å². The summed E-state index contributed by atoms with van der Waals surface area (Å²) in [7, 11) is 0. The van der Waals surface area contributed by atoms with Gasteiger partial charge in [0.15, 0.2) is 0 Å². The second-order valence-corrected chi connectivity index (χ2v) is 13.5. The molecule has 4 aliphatic rings. The molecule has 4 saturated carbocycles. The SMILES string of the molecule is CC(C)(C)OC(=O)N(N)C1CC1.CC(C)(C)OC(=O)N(N=O)C1CC1.CC(C)(C)OC(=O)NC1CC1.NC1CC1. The zero-order chi connectivity index (χ0) is 30.9. The Labute approximate surface area is 238 Å². The van der Waals surface area contributed by atoms with E-state index in [4.69, 9.17) is 25.8 Å². The predicted molar refractivity (Wildman–Crippen MR) is 152 cm³/mol. The highest BCUT2D eigenvalue weighted by Crippen LogP contribution is 2.28. The fourth-order valence-electron chi connectivity index (χ4n) is 2.49. The highest BCUT2D eigenvalue weighted by molar-refractivity contribution is 5.69. The summed E-state index contributed by atoms with van der Waals surface area (Å²) < 4.78 is 15.1. The molecule has 13 heteroatoms. The molecule has 0 aromatic heterocycles. The number of nitroso groups, excluding NO2 is 1. The second kappa shape index (κ2) is 14.8. The third kappa shape index (κ3) is 19.4. The van der Waals surface area contributed by atoms with Crippen LogP contribution in [0.15, 0.2) is 5.29 Å². The maximum Gasteiger partial charge on any atom is 0.433 e. The fourth-order valence-corrected chi connectivity index (χ4v) is 2.49. The lowest BCUT2D eigenvalue weighted by molar-refractivity contribution is 0.0222. The normalized spacial score (nSPS) is 18.1. The van der Waals surface area contributed by atoms with Gasteiger partial charge in [0.1, 0.15) is 16.8 Å². The molecule has 4 fully saturated rings. The monoisotopic (exact) mass is 572 g/mol. The number of rotatable bonds is 4. The number of carbonyl (C=O) groups is 3. The third-order valence-corrected chi connectivity index (χ3v) is 5.03. The number of hydrogen-bond donors (Lipinski definition) is 3. The molecule has 0 aliphatic heterocycles. The van der Waals surface area contributed by atoms with Crippen LogP contribution in [0.1, 0.15) is 114 Å². The Bertz CT molecular complexity index is 834. The van der Waals surface area contributed by atoms with Crippen LogP contribution >= 0.6 is 0 Å². The Morgan fingerprint density at radius 3 is 1.40 bits per heavy atom. The number of ether oxygens (including phenoxy) is 3. The van der Waals surface area contributed by atoms with E-state index in [1.165, 1.54) is 17.9 Å². The molecular formula is C27H52N6O7.